The lowest BCUT2D eigenvalue weighted by Gasteiger charge is -2.00. The molecule has 0 aliphatic heterocycles. The number of ketones is 1. The average molecular weight is 197 g/mol. The van der Waals surface area contributed by atoms with E-state index >= 15 is 0 Å². The van der Waals surface area contributed by atoms with Gasteiger partial charge in [-0.2, -0.15) is 0 Å². The largest absolute Gasteiger partial charge is 0.299 e. The van der Waals surface area contributed by atoms with Crippen LogP contribution >= 0.6 is 0 Å². The van der Waals surface area contributed by atoms with Gasteiger partial charge in [0.15, 0.2) is 0 Å². The smallest absolute Gasteiger partial charge is 0.136 e. The van der Waals surface area contributed by atoms with E-state index in [-0.39, 0.29) is 0 Å². The molecule has 0 atom stereocenters. The molecule has 0 aromatic rings. The first-order valence-electron chi connectivity index (χ1n) is 6.17. The molecule has 0 bridgehead atoms. The summed E-state index contributed by atoms with van der Waals surface area (Å²) in [6.07, 6.45) is 12.1. The van der Waals surface area contributed by atoms with E-state index in [4.69, 9.17) is 0 Å². The van der Waals surface area contributed by atoms with E-state index in [0.717, 1.165) is 25.7 Å². The van der Waals surface area contributed by atoms with Crippen molar-refractivity contribution in [2.24, 2.45) is 0 Å². The molecule has 0 amide bonds. The zero-order valence-electron chi connectivity index (χ0n) is 9.85. The molecule has 1 radical (unpaired) electrons. The topological polar surface area (TPSA) is 17.1 Å². The highest BCUT2D eigenvalue weighted by molar-refractivity contribution is 5.86. The second kappa shape index (κ2) is 10.7. The minimum absolute atomic E-state index is 0.356. The van der Waals surface area contributed by atoms with Gasteiger partial charge in [-0.25, -0.2) is 0 Å². The molecule has 0 saturated heterocycles. The Kier molecular flexibility index (Phi) is 10.5. The first kappa shape index (κ1) is 13.7. The quantitative estimate of drug-likeness (QED) is 0.477. The maximum absolute atomic E-state index is 11.3. The van der Waals surface area contributed by atoms with Crippen molar-refractivity contribution in [1.29, 1.82) is 0 Å². The van der Waals surface area contributed by atoms with E-state index in [0.29, 0.717) is 5.78 Å². The lowest BCUT2D eigenvalue weighted by Crippen LogP contribution is -1.98. The SMILES string of the molecule is CCCC[CH]C(=O)CCCCCCC. The number of Topliss-reactive ketones (excluding diaryl/α,β-unsaturated/α-hetero) is 1. The van der Waals surface area contributed by atoms with Gasteiger partial charge < -0.3 is 0 Å². The van der Waals surface area contributed by atoms with E-state index in [2.05, 4.69) is 13.8 Å². The lowest BCUT2D eigenvalue weighted by molar-refractivity contribution is -0.116. The number of unbranched alkanes of at least 4 members (excludes halogenated alkanes) is 6. The summed E-state index contributed by atoms with van der Waals surface area (Å²) in [6, 6.07) is 0. The molecule has 0 saturated carbocycles. The first-order valence-corrected chi connectivity index (χ1v) is 6.17. The van der Waals surface area contributed by atoms with E-state index in [1.165, 1.54) is 32.1 Å². The summed E-state index contributed by atoms with van der Waals surface area (Å²) in [6.45, 7) is 4.37. The molecule has 83 valence electrons. The normalized spacial score (nSPS) is 10.4. The molecular weight excluding hydrogens is 172 g/mol. The molecule has 0 heterocycles. The Morgan fingerprint density at radius 2 is 1.57 bits per heavy atom. The second-order valence-electron chi connectivity index (χ2n) is 3.98. The number of rotatable bonds is 10. The monoisotopic (exact) mass is 197 g/mol. The zero-order valence-corrected chi connectivity index (χ0v) is 9.85. The second-order valence-corrected chi connectivity index (χ2v) is 3.98. The van der Waals surface area contributed by atoms with Crippen molar-refractivity contribution in [2.75, 3.05) is 0 Å². The molecule has 0 rings (SSSR count). The van der Waals surface area contributed by atoms with Crippen molar-refractivity contribution in [3.63, 3.8) is 0 Å². The number of carbonyl (C=O) groups is 1. The highest BCUT2D eigenvalue weighted by Crippen LogP contribution is 2.07. The van der Waals surface area contributed by atoms with Gasteiger partial charge in [-0.15, -0.1) is 0 Å². The average Bonchev–Trinajstić information content (AvgIpc) is 2.18. The molecule has 0 aromatic carbocycles. The van der Waals surface area contributed by atoms with Crippen molar-refractivity contribution in [1.82, 2.24) is 0 Å². The van der Waals surface area contributed by atoms with Crippen LogP contribution in [0.25, 0.3) is 0 Å². The van der Waals surface area contributed by atoms with Gasteiger partial charge in [-0.05, 0) is 12.8 Å². The summed E-state index contributed by atoms with van der Waals surface area (Å²) in [7, 11) is 0. The van der Waals surface area contributed by atoms with Crippen LogP contribution in [0.1, 0.15) is 71.6 Å². The Morgan fingerprint density at radius 1 is 0.929 bits per heavy atom. The molecule has 1 heteroatoms. The van der Waals surface area contributed by atoms with Crippen LogP contribution in [0.3, 0.4) is 0 Å². The molecule has 0 unspecified atom stereocenters. The van der Waals surface area contributed by atoms with Gasteiger partial charge in [0.25, 0.3) is 0 Å². The molecule has 0 aliphatic carbocycles. The van der Waals surface area contributed by atoms with Gasteiger partial charge >= 0.3 is 0 Å². The summed E-state index contributed by atoms with van der Waals surface area (Å²) in [5.41, 5.74) is 0. The Hall–Kier alpha value is -0.330. The molecule has 0 spiro atoms. The Balaban J connectivity index is 3.10. The predicted molar refractivity (Wildman–Crippen MR) is 62.2 cm³/mol. The molecule has 0 fully saturated rings. The van der Waals surface area contributed by atoms with E-state index in [1.54, 1.807) is 0 Å². The molecule has 0 N–H and O–H groups in total. The van der Waals surface area contributed by atoms with Crippen LogP contribution in [0.2, 0.25) is 0 Å². The third-order valence-corrected chi connectivity index (χ3v) is 2.46. The van der Waals surface area contributed by atoms with Crippen LogP contribution in [0.15, 0.2) is 0 Å². The van der Waals surface area contributed by atoms with Gasteiger partial charge in [0.2, 0.25) is 0 Å². The van der Waals surface area contributed by atoms with Gasteiger partial charge in [0.05, 0.1) is 0 Å². The summed E-state index contributed by atoms with van der Waals surface area (Å²) < 4.78 is 0. The third-order valence-electron chi connectivity index (χ3n) is 2.46. The van der Waals surface area contributed by atoms with E-state index < -0.39 is 0 Å². The summed E-state index contributed by atoms with van der Waals surface area (Å²) >= 11 is 0. The number of carbonyl (C=O) groups excluding carboxylic acids is 1. The third kappa shape index (κ3) is 9.76. The van der Waals surface area contributed by atoms with Gasteiger partial charge in [0.1, 0.15) is 5.78 Å². The summed E-state index contributed by atoms with van der Waals surface area (Å²) in [5, 5.41) is 0. The van der Waals surface area contributed by atoms with Crippen LogP contribution in [0.5, 0.6) is 0 Å². The van der Waals surface area contributed by atoms with E-state index in [9.17, 15) is 4.79 Å². The van der Waals surface area contributed by atoms with Gasteiger partial charge in [0, 0.05) is 12.8 Å². The van der Waals surface area contributed by atoms with Crippen LogP contribution < -0.4 is 0 Å². The van der Waals surface area contributed by atoms with Crippen LogP contribution in [-0.4, -0.2) is 5.78 Å². The van der Waals surface area contributed by atoms with Gasteiger partial charge in [-0.3, -0.25) is 4.79 Å². The predicted octanol–water partition coefficient (Wildman–Crippen LogP) is 4.31. The fraction of sp³-hybridized carbons (Fsp3) is 0.846. The highest BCUT2D eigenvalue weighted by atomic mass is 16.1. The Bertz CT molecular complexity index is 129. The minimum Gasteiger partial charge on any atom is -0.299 e. The van der Waals surface area contributed by atoms with Crippen molar-refractivity contribution in [3.8, 4) is 0 Å². The van der Waals surface area contributed by atoms with Crippen molar-refractivity contribution in [2.45, 2.75) is 71.6 Å². The van der Waals surface area contributed by atoms with Crippen molar-refractivity contribution < 1.29 is 4.79 Å². The molecular formula is C13H25O. The van der Waals surface area contributed by atoms with Crippen LogP contribution in [0.4, 0.5) is 0 Å². The molecule has 0 aromatic heterocycles. The summed E-state index contributed by atoms with van der Waals surface area (Å²) in [4.78, 5) is 11.3. The van der Waals surface area contributed by atoms with E-state index in [1.807, 2.05) is 6.42 Å². The maximum Gasteiger partial charge on any atom is 0.136 e. The zero-order chi connectivity index (χ0) is 10.6. The standard InChI is InChI=1S/C13H25O/c1-3-5-7-8-10-12-13(14)11-9-6-4-2/h11H,3-10,12H2,1-2H3. The lowest BCUT2D eigenvalue weighted by atomic mass is 10.0. The number of hydrogen-bond acceptors (Lipinski definition) is 1. The first-order chi connectivity index (χ1) is 6.81. The van der Waals surface area contributed by atoms with Crippen molar-refractivity contribution in [3.05, 3.63) is 6.42 Å². The number of hydrogen-bond donors (Lipinski definition) is 0. The fourth-order valence-electron chi connectivity index (χ4n) is 1.47. The maximum atomic E-state index is 11.3. The molecule has 1 nitrogen and oxygen atoms in total. The van der Waals surface area contributed by atoms with Crippen LogP contribution in [0, 0.1) is 6.42 Å². The molecule has 14 heavy (non-hydrogen) atoms. The van der Waals surface area contributed by atoms with Crippen molar-refractivity contribution >= 4 is 5.78 Å². The van der Waals surface area contributed by atoms with Gasteiger partial charge in [-0.1, -0.05) is 52.4 Å². The Morgan fingerprint density at radius 3 is 2.21 bits per heavy atom. The minimum atomic E-state index is 0.356. The Labute approximate surface area is 89.3 Å². The fourth-order valence-corrected chi connectivity index (χ4v) is 1.47. The molecule has 0 aliphatic rings. The summed E-state index contributed by atoms with van der Waals surface area (Å²) in [5.74, 6) is 0.356. The van der Waals surface area contributed by atoms with Crippen LogP contribution in [-0.2, 0) is 4.79 Å². The highest BCUT2D eigenvalue weighted by Gasteiger charge is 2.01.